The van der Waals surface area contributed by atoms with Crippen molar-refractivity contribution in [2.24, 2.45) is 11.7 Å². The summed E-state index contributed by atoms with van der Waals surface area (Å²) in [5.41, 5.74) is 5.45. The zero-order valence-corrected chi connectivity index (χ0v) is 11.6. The number of furan rings is 1. The molecule has 110 valence electrons. The van der Waals surface area contributed by atoms with E-state index in [-0.39, 0.29) is 24.3 Å². The highest BCUT2D eigenvalue weighted by atomic mass is 16.5. The number of carbonyl (C=O) groups is 2. The molecule has 1 aliphatic rings. The molecule has 6 heteroatoms. The Morgan fingerprint density at radius 1 is 1.40 bits per heavy atom. The highest BCUT2D eigenvalue weighted by molar-refractivity contribution is 5.91. The van der Waals surface area contributed by atoms with Gasteiger partial charge in [0.15, 0.2) is 5.76 Å². The van der Waals surface area contributed by atoms with Gasteiger partial charge in [0.1, 0.15) is 5.76 Å². The zero-order chi connectivity index (χ0) is 14.5. The minimum Gasteiger partial charge on any atom is -0.466 e. The standard InChI is InChI=1S/C14H20N2O4/c1-2-19-14(18)10-5-7-16(8-6-10)13(17)12-4-3-11(9-15)20-12/h3-4,10H,2,5-9,15H2,1H3. The smallest absolute Gasteiger partial charge is 0.309 e. The van der Waals surface area contributed by atoms with E-state index in [2.05, 4.69) is 0 Å². The fourth-order valence-electron chi connectivity index (χ4n) is 2.34. The molecule has 0 bridgehead atoms. The van der Waals surface area contributed by atoms with Crippen LogP contribution in [-0.4, -0.2) is 36.5 Å². The molecule has 2 N–H and O–H groups in total. The van der Waals surface area contributed by atoms with Crippen molar-refractivity contribution in [1.29, 1.82) is 0 Å². The molecule has 20 heavy (non-hydrogen) atoms. The molecule has 1 aliphatic heterocycles. The highest BCUT2D eigenvalue weighted by Crippen LogP contribution is 2.21. The van der Waals surface area contributed by atoms with Gasteiger partial charge in [0.05, 0.1) is 19.1 Å². The Morgan fingerprint density at radius 3 is 2.65 bits per heavy atom. The zero-order valence-electron chi connectivity index (χ0n) is 11.6. The molecule has 0 saturated carbocycles. The average Bonchev–Trinajstić information content (AvgIpc) is 2.96. The van der Waals surface area contributed by atoms with Crippen LogP contribution in [0.3, 0.4) is 0 Å². The number of nitrogens with two attached hydrogens (primary N) is 1. The molecule has 0 atom stereocenters. The monoisotopic (exact) mass is 280 g/mol. The summed E-state index contributed by atoms with van der Waals surface area (Å²) >= 11 is 0. The van der Waals surface area contributed by atoms with E-state index in [4.69, 9.17) is 14.9 Å². The molecule has 1 fully saturated rings. The van der Waals surface area contributed by atoms with Crippen molar-refractivity contribution in [3.8, 4) is 0 Å². The molecule has 2 rings (SSSR count). The topological polar surface area (TPSA) is 85.8 Å². The quantitative estimate of drug-likeness (QED) is 0.836. The van der Waals surface area contributed by atoms with Crippen LogP contribution >= 0.6 is 0 Å². The molecule has 0 aromatic carbocycles. The summed E-state index contributed by atoms with van der Waals surface area (Å²) in [7, 11) is 0. The summed E-state index contributed by atoms with van der Waals surface area (Å²) in [4.78, 5) is 25.5. The van der Waals surface area contributed by atoms with Crippen molar-refractivity contribution < 1.29 is 18.7 Å². The van der Waals surface area contributed by atoms with Gasteiger partial charge >= 0.3 is 5.97 Å². The van der Waals surface area contributed by atoms with Crippen LogP contribution in [0.5, 0.6) is 0 Å². The molecule has 0 aliphatic carbocycles. The van der Waals surface area contributed by atoms with Gasteiger partial charge in [-0.15, -0.1) is 0 Å². The van der Waals surface area contributed by atoms with E-state index in [9.17, 15) is 9.59 Å². The Labute approximate surface area is 117 Å². The van der Waals surface area contributed by atoms with E-state index in [0.717, 1.165) is 0 Å². The average molecular weight is 280 g/mol. The lowest BCUT2D eigenvalue weighted by Gasteiger charge is -2.30. The molecular formula is C14H20N2O4. The Kier molecular flexibility index (Phi) is 4.79. The van der Waals surface area contributed by atoms with Gasteiger partial charge in [-0.05, 0) is 31.9 Å². The molecule has 1 aromatic heterocycles. The molecule has 1 amide bonds. The third-order valence-corrected chi connectivity index (χ3v) is 3.48. The van der Waals surface area contributed by atoms with Gasteiger partial charge in [-0.2, -0.15) is 0 Å². The molecular weight excluding hydrogens is 260 g/mol. The highest BCUT2D eigenvalue weighted by Gasteiger charge is 2.29. The van der Waals surface area contributed by atoms with Crippen LogP contribution in [0.2, 0.25) is 0 Å². The summed E-state index contributed by atoms with van der Waals surface area (Å²) in [5.74, 6) is 0.486. The van der Waals surface area contributed by atoms with E-state index in [1.54, 1.807) is 24.0 Å². The number of rotatable bonds is 4. The normalized spacial score (nSPS) is 16.2. The number of ether oxygens (including phenoxy) is 1. The Hall–Kier alpha value is -1.82. The molecule has 6 nitrogen and oxygen atoms in total. The van der Waals surface area contributed by atoms with Crippen LogP contribution in [0.25, 0.3) is 0 Å². The minimum atomic E-state index is -0.164. The largest absolute Gasteiger partial charge is 0.466 e. The number of hydrogen-bond acceptors (Lipinski definition) is 5. The maximum absolute atomic E-state index is 12.2. The van der Waals surface area contributed by atoms with Crippen LogP contribution in [0.15, 0.2) is 16.5 Å². The van der Waals surface area contributed by atoms with Gasteiger partial charge in [0.25, 0.3) is 5.91 Å². The van der Waals surface area contributed by atoms with Crippen LogP contribution in [0, 0.1) is 5.92 Å². The van der Waals surface area contributed by atoms with Gasteiger partial charge in [-0.3, -0.25) is 9.59 Å². The lowest BCUT2D eigenvalue weighted by Crippen LogP contribution is -2.40. The fraction of sp³-hybridized carbons (Fsp3) is 0.571. The summed E-state index contributed by atoms with van der Waals surface area (Å²) in [6.07, 6.45) is 1.27. The Balaban J connectivity index is 1.90. The first-order valence-corrected chi connectivity index (χ1v) is 6.90. The summed E-state index contributed by atoms with van der Waals surface area (Å²) in [6, 6.07) is 3.35. The van der Waals surface area contributed by atoms with Crippen LogP contribution in [0.4, 0.5) is 0 Å². The summed E-state index contributed by atoms with van der Waals surface area (Å²) in [5, 5.41) is 0. The molecule has 1 saturated heterocycles. The predicted octanol–water partition coefficient (Wildman–Crippen LogP) is 1.15. The first-order chi connectivity index (χ1) is 9.65. The number of piperidine rings is 1. The molecule has 0 unspecified atom stereocenters. The van der Waals surface area contributed by atoms with E-state index < -0.39 is 0 Å². The predicted molar refractivity (Wildman–Crippen MR) is 71.9 cm³/mol. The van der Waals surface area contributed by atoms with E-state index in [0.29, 0.717) is 44.1 Å². The third-order valence-electron chi connectivity index (χ3n) is 3.48. The molecule has 0 radical (unpaired) electrons. The second-order valence-corrected chi connectivity index (χ2v) is 4.79. The van der Waals surface area contributed by atoms with Crippen molar-refractivity contribution in [3.05, 3.63) is 23.7 Å². The number of nitrogens with zero attached hydrogens (tertiary/aromatic N) is 1. The number of hydrogen-bond donors (Lipinski definition) is 1. The van der Waals surface area contributed by atoms with Crippen molar-refractivity contribution in [2.45, 2.75) is 26.3 Å². The van der Waals surface area contributed by atoms with Crippen molar-refractivity contribution in [2.75, 3.05) is 19.7 Å². The first kappa shape index (κ1) is 14.6. The molecule has 0 spiro atoms. The van der Waals surface area contributed by atoms with Gasteiger partial charge in [-0.25, -0.2) is 0 Å². The van der Waals surface area contributed by atoms with Crippen LogP contribution < -0.4 is 5.73 Å². The minimum absolute atomic E-state index is 0.102. The van der Waals surface area contributed by atoms with E-state index in [1.807, 2.05) is 0 Å². The van der Waals surface area contributed by atoms with Crippen LogP contribution in [0.1, 0.15) is 36.1 Å². The number of likely N-dealkylation sites (tertiary alicyclic amines) is 1. The molecule has 2 heterocycles. The van der Waals surface area contributed by atoms with E-state index >= 15 is 0 Å². The number of amides is 1. The van der Waals surface area contributed by atoms with Gasteiger partial charge < -0.3 is 19.8 Å². The summed E-state index contributed by atoms with van der Waals surface area (Å²) in [6.45, 7) is 3.55. The van der Waals surface area contributed by atoms with E-state index in [1.165, 1.54) is 0 Å². The maximum atomic E-state index is 12.2. The van der Waals surface area contributed by atoms with Crippen molar-refractivity contribution >= 4 is 11.9 Å². The first-order valence-electron chi connectivity index (χ1n) is 6.90. The second kappa shape index (κ2) is 6.56. The van der Waals surface area contributed by atoms with Gasteiger partial charge in [0, 0.05) is 13.1 Å². The lowest BCUT2D eigenvalue weighted by atomic mass is 9.97. The second-order valence-electron chi connectivity index (χ2n) is 4.79. The number of esters is 1. The Bertz CT molecular complexity index is 475. The van der Waals surface area contributed by atoms with Gasteiger partial charge in [0.2, 0.25) is 0 Å². The lowest BCUT2D eigenvalue weighted by molar-refractivity contribution is -0.149. The molecule has 1 aromatic rings. The van der Waals surface area contributed by atoms with Crippen molar-refractivity contribution in [3.63, 3.8) is 0 Å². The van der Waals surface area contributed by atoms with Crippen molar-refractivity contribution in [1.82, 2.24) is 4.90 Å². The van der Waals surface area contributed by atoms with Crippen LogP contribution in [-0.2, 0) is 16.1 Å². The summed E-state index contributed by atoms with van der Waals surface area (Å²) < 4.78 is 10.4. The Morgan fingerprint density at radius 2 is 2.10 bits per heavy atom. The third kappa shape index (κ3) is 3.19. The fourth-order valence-corrected chi connectivity index (χ4v) is 2.34. The number of carbonyl (C=O) groups excluding carboxylic acids is 2. The van der Waals surface area contributed by atoms with Gasteiger partial charge in [-0.1, -0.05) is 0 Å². The maximum Gasteiger partial charge on any atom is 0.309 e. The SMILES string of the molecule is CCOC(=O)C1CCN(C(=O)c2ccc(CN)o2)CC1.